The number of hydrogen-bond donors (Lipinski definition) is 1. The van der Waals surface area contributed by atoms with Crippen LogP contribution in [0.15, 0.2) is 67.1 Å². The lowest BCUT2D eigenvalue weighted by Gasteiger charge is -2.16. The number of fused-ring (bicyclic) bond motifs is 1. The Morgan fingerprint density at radius 2 is 1.82 bits per heavy atom. The number of anilines is 3. The number of rotatable bonds is 6. The highest BCUT2D eigenvalue weighted by Crippen LogP contribution is 2.28. The van der Waals surface area contributed by atoms with Gasteiger partial charge in [0.2, 0.25) is 0 Å². The number of ether oxygens (including phenoxy) is 1. The van der Waals surface area contributed by atoms with Crippen molar-refractivity contribution in [2.24, 2.45) is 0 Å². The van der Waals surface area contributed by atoms with Crippen LogP contribution in [0.5, 0.6) is 5.75 Å². The molecule has 1 atom stereocenters. The van der Waals surface area contributed by atoms with Crippen LogP contribution in [0.25, 0.3) is 16.9 Å². The van der Waals surface area contributed by atoms with E-state index in [-0.39, 0.29) is 11.2 Å². The van der Waals surface area contributed by atoms with Crippen molar-refractivity contribution in [3.8, 4) is 17.0 Å². The number of aromatic nitrogens is 3. The molecule has 1 aliphatic rings. The van der Waals surface area contributed by atoms with Crippen LogP contribution in [0, 0.1) is 0 Å². The zero-order valence-electron chi connectivity index (χ0n) is 17.3. The SMILES string of the molecule is O.O=S1CCCN1c1ccc(Nc2nccn3c(-c4ccc(OC(F)F)cc4)cnc23)cc1. The van der Waals surface area contributed by atoms with Crippen molar-refractivity contribution in [3.63, 3.8) is 0 Å². The molecule has 11 heteroatoms. The number of nitrogens with one attached hydrogen (secondary N) is 1. The molecular weight excluding hydrogens is 452 g/mol. The summed E-state index contributed by atoms with van der Waals surface area (Å²) in [5.74, 6) is 1.38. The van der Waals surface area contributed by atoms with Gasteiger partial charge in [0, 0.05) is 41.6 Å². The van der Waals surface area contributed by atoms with Crippen LogP contribution < -0.4 is 14.4 Å². The van der Waals surface area contributed by atoms with Crippen LogP contribution in [-0.2, 0) is 11.0 Å². The van der Waals surface area contributed by atoms with E-state index < -0.39 is 17.6 Å². The predicted octanol–water partition coefficient (Wildman–Crippen LogP) is 3.79. The first-order valence-electron chi connectivity index (χ1n) is 9.99. The third-order valence-electron chi connectivity index (χ3n) is 5.15. The average Bonchev–Trinajstić information content (AvgIpc) is 3.41. The lowest BCUT2D eigenvalue weighted by molar-refractivity contribution is -0.0498. The van der Waals surface area contributed by atoms with Gasteiger partial charge in [-0.15, -0.1) is 0 Å². The van der Waals surface area contributed by atoms with E-state index in [0.717, 1.165) is 35.6 Å². The third-order valence-corrected chi connectivity index (χ3v) is 6.67. The molecule has 0 amide bonds. The van der Waals surface area contributed by atoms with Gasteiger partial charge in [0.1, 0.15) is 16.7 Å². The van der Waals surface area contributed by atoms with Gasteiger partial charge in [-0.25, -0.2) is 14.2 Å². The minimum Gasteiger partial charge on any atom is -0.435 e. The lowest BCUT2D eigenvalue weighted by atomic mass is 10.1. The van der Waals surface area contributed by atoms with Gasteiger partial charge in [0.25, 0.3) is 0 Å². The second-order valence-corrected chi connectivity index (χ2v) is 8.66. The van der Waals surface area contributed by atoms with E-state index in [1.54, 1.807) is 30.7 Å². The van der Waals surface area contributed by atoms with Gasteiger partial charge < -0.3 is 15.5 Å². The second-order valence-electron chi connectivity index (χ2n) is 7.17. The van der Waals surface area contributed by atoms with E-state index in [0.29, 0.717) is 17.2 Å². The summed E-state index contributed by atoms with van der Waals surface area (Å²) in [4.78, 5) is 8.90. The fourth-order valence-electron chi connectivity index (χ4n) is 3.67. The van der Waals surface area contributed by atoms with E-state index >= 15 is 0 Å². The Kier molecular flexibility index (Phi) is 6.52. The molecule has 0 radical (unpaired) electrons. The van der Waals surface area contributed by atoms with Crippen molar-refractivity contribution in [2.75, 3.05) is 21.9 Å². The lowest BCUT2D eigenvalue weighted by Crippen LogP contribution is -2.19. The Bertz CT molecular complexity index is 1270. The Labute approximate surface area is 190 Å². The molecule has 1 aliphatic heterocycles. The number of halogens is 2. The highest BCUT2D eigenvalue weighted by Gasteiger charge is 2.20. The molecule has 3 heterocycles. The first-order valence-corrected chi connectivity index (χ1v) is 11.3. The van der Waals surface area contributed by atoms with Gasteiger partial charge in [-0.05, 0) is 55.0 Å². The smallest absolute Gasteiger partial charge is 0.387 e. The molecule has 1 saturated heterocycles. The minimum atomic E-state index is -2.86. The molecule has 33 heavy (non-hydrogen) atoms. The van der Waals surface area contributed by atoms with Crippen LogP contribution in [0.2, 0.25) is 0 Å². The van der Waals surface area contributed by atoms with E-state index in [1.165, 1.54) is 12.1 Å². The molecule has 0 aliphatic carbocycles. The Hall–Kier alpha value is -3.57. The van der Waals surface area contributed by atoms with Crippen molar-refractivity contribution >= 4 is 33.8 Å². The number of imidazole rings is 1. The van der Waals surface area contributed by atoms with Crippen molar-refractivity contribution in [3.05, 3.63) is 67.1 Å². The summed E-state index contributed by atoms with van der Waals surface area (Å²) in [6.45, 7) is -2.06. The monoisotopic (exact) mass is 473 g/mol. The molecule has 8 nitrogen and oxygen atoms in total. The molecule has 1 unspecified atom stereocenters. The average molecular weight is 474 g/mol. The fraction of sp³-hybridized carbons (Fsp3) is 0.182. The largest absolute Gasteiger partial charge is 0.435 e. The summed E-state index contributed by atoms with van der Waals surface area (Å²) >= 11 is 0. The maximum atomic E-state index is 12.4. The Morgan fingerprint density at radius 3 is 2.48 bits per heavy atom. The third kappa shape index (κ3) is 4.64. The quantitative estimate of drug-likeness (QED) is 0.459. The number of alkyl halides is 2. The number of benzene rings is 2. The summed E-state index contributed by atoms with van der Waals surface area (Å²) in [7, 11) is -0.953. The highest BCUT2D eigenvalue weighted by molar-refractivity contribution is 7.86. The Morgan fingerprint density at radius 1 is 1.06 bits per heavy atom. The van der Waals surface area contributed by atoms with Crippen molar-refractivity contribution in [1.82, 2.24) is 14.4 Å². The van der Waals surface area contributed by atoms with Crippen LogP contribution in [0.4, 0.5) is 26.0 Å². The molecule has 3 N–H and O–H groups in total. The molecule has 0 saturated carbocycles. The summed E-state index contributed by atoms with van der Waals surface area (Å²) in [6.07, 6.45) is 6.09. The molecule has 0 bridgehead atoms. The van der Waals surface area contributed by atoms with Gasteiger partial charge in [0.05, 0.1) is 11.9 Å². The van der Waals surface area contributed by atoms with Gasteiger partial charge in [0.15, 0.2) is 11.5 Å². The zero-order chi connectivity index (χ0) is 22.1. The van der Waals surface area contributed by atoms with Gasteiger partial charge in [-0.3, -0.25) is 8.71 Å². The van der Waals surface area contributed by atoms with E-state index in [2.05, 4.69) is 20.0 Å². The van der Waals surface area contributed by atoms with Crippen molar-refractivity contribution in [2.45, 2.75) is 13.0 Å². The van der Waals surface area contributed by atoms with E-state index in [1.807, 2.05) is 33.0 Å². The first-order chi connectivity index (χ1) is 15.6. The number of nitrogens with zero attached hydrogens (tertiary/aromatic N) is 4. The van der Waals surface area contributed by atoms with Crippen LogP contribution in [0.3, 0.4) is 0 Å². The summed E-state index contributed by atoms with van der Waals surface area (Å²) in [5.41, 5.74) is 3.98. The normalized spacial score (nSPS) is 15.6. The minimum absolute atomic E-state index is 0. The fourth-order valence-corrected chi connectivity index (χ4v) is 4.95. The van der Waals surface area contributed by atoms with Crippen molar-refractivity contribution in [1.29, 1.82) is 0 Å². The van der Waals surface area contributed by atoms with Crippen molar-refractivity contribution < 1.29 is 23.2 Å². The van der Waals surface area contributed by atoms with Crippen LogP contribution in [-0.4, -0.2) is 43.0 Å². The maximum absolute atomic E-state index is 12.4. The standard InChI is InChI=1S/C22H19F2N5O2S.H2O/c23-22(24)31-18-8-2-15(3-9-18)19-14-26-21-20(25-10-12-28(19)21)27-16-4-6-17(7-5-16)29-11-1-13-32(29)30;/h2-10,12,14,22H,1,11,13H2,(H,25,27);1H2. The molecule has 172 valence electrons. The summed E-state index contributed by atoms with van der Waals surface area (Å²) < 4.78 is 45.0. The van der Waals surface area contributed by atoms with E-state index in [4.69, 9.17) is 0 Å². The molecule has 4 aromatic rings. The zero-order valence-corrected chi connectivity index (χ0v) is 18.1. The van der Waals surface area contributed by atoms with E-state index in [9.17, 15) is 13.0 Å². The molecule has 1 fully saturated rings. The maximum Gasteiger partial charge on any atom is 0.387 e. The summed E-state index contributed by atoms with van der Waals surface area (Å²) in [6, 6.07) is 14.1. The summed E-state index contributed by atoms with van der Waals surface area (Å²) in [5, 5.41) is 3.28. The van der Waals surface area contributed by atoms with Gasteiger partial charge in [-0.2, -0.15) is 8.78 Å². The molecule has 0 spiro atoms. The molecular formula is C22H21F2N5O3S. The van der Waals surface area contributed by atoms with Gasteiger partial charge >= 0.3 is 6.61 Å². The topological polar surface area (TPSA) is 103 Å². The second kappa shape index (κ2) is 9.51. The number of hydrogen-bond acceptors (Lipinski definition) is 5. The van der Waals surface area contributed by atoms with Crippen LogP contribution >= 0.6 is 0 Å². The molecule has 2 aromatic carbocycles. The molecule has 2 aromatic heterocycles. The van der Waals surface area contributed by atoms with Gasteiger partial charge in [-0.1, -0.05) is 0 Å². The van der Waals surface area contributed by atoms with Crippen LogP contribution in [0.1, 0.15) is 6.42 Å². The molecule has 5 rings (SSSR count). The predicted molar refractivity (Wildman–Crippen MR) is 123 cm³/mol. The Balaban J connectivity index is 0.00000259. The first kappa shape index (κ1) is 22.6. The highest BCUT2D eigenvalue weighted by atomic mass is 32.2.